The first-order valence-corrected chi connectivity index (χ1v) is 3.54. The van der Waals surface area contributed by atoms with E-state index in [9.17, 15) is 0 Å². The van der Waals surface area contributed by atoms with Crippen molar-refractivity contribution in [3.05, 3.63) is 18.2 Å². The number of anilines is 1. The van der Waals surface area contributed by atoms with Crippen molar-refractivity contribution in [2.24, 2.45) is 5.84 Å². The average molecular weight is 169 g/mol. The minimum absolute atomic E-state index is 0.0258. The van der Waals surface area contributed by atoms with Crippen LogP contribution in [0.2, 0.25) is 0 Å². The van der Waals surface area contributed by atoms with E-state index in [0.29, 0.717) is 11.7 Å². The number of aliphatic hydroxyl groups excluding tert-OH is 1. The molecule has 0 aliphatic rings. The fraction of sp³-hybridized carbons (Fsp3) is 0.286. The summed E-state index contributed by atoms with van der Waals surface area (Å²) in [7, 11) is 0. The molecule has 0 saturated carbocycles. The van der Waals surface area contributed by atoms with Gasteiger partial charge in [-0.05, 0) is 6.07 Å². The fourth-order valence-electron chi connectivity index (χ4n) is 0.726. The normalized spacial score (nSPS) is 9.50. The lowest BCUT2D eigenvalue weighted by atomic mass is 10.4. The first-order chi connectivity index (χ1) is 5.86. The third-order valence-corrected chi connectivity index (χ3v) is 1.21. The van der Waals surface area contributed by atoms with Gasteiger partial charge in [0.25, 0.3) is 0 Å². The lowest BCUT2D eigenvalue weighted by molar-refractivity contribution is 0.197. The van der Waals surface area contributed by atoms with Crippen LogP contribution in [0.15, 0.2) is 18.2 Å². The monoisotopic (exact) mass is 169 g/mol. The molecular weight excluding hydrogens is 158 g/mol. The Balaban J connectivity index is 2.60. The molecule has 66 valence electrons. The molecule has 0 radical (unpaired) electrons. The molecule has 1 aromatic rings. The Kier molecular flexibility index (Phi) is 3.31. The SMILES string of the molecule is NNc1cccc(OCCO)n1. The Labute approximate surface area is 70.1 Å². The minimum atomic E-state index is -0.0258. The highest BCUT2D eigenvalue weighted by atomic mass is 16.5. The van der Waals surface area contributed by atoms with Gasteiger partial charge in [-0.1, -0.05) is 6.07 Å². The van der Waals surface area contributed by atoms with Gasteiger partial charge in [-0.25, -0.2) is 5.84 Å². The maximum atomic E-state index is 8.46. The second kappa shape index (κ2) is 4.53. The highest BCUT2D eigenvalue weighted by molar-refractivity contribution is 5.35. The zero-order chi connectivity index (χ0) is 8.81. The lowest BCUT2D eigenvalue weighted by Gasteiger charge is -2.04. The van der Waals surface area contributed by atoms with Gasteiger partial charge in [-0.3, -0.25) is 0 Å². The molecule has 1 heterocycles. The molecule has 0 aliphatic carbocycles. The third-order valence-electron chi connectivity index (χ3n) is 1.21. The van der Waals surface area contributed by atoms with E-state index in [4.69, 9.17) is 15.7 Å². The van der Waals surface area contributed by atoms with E-state index < -0.39 is 0 Å². The third kappa shape index (κ3) is 2.37. The van der Waals surface area contributed by atoms with Gasteiger partial charge in [0.05, 0.1) is 6.61 Å². The van der Waals surface area contributed by atoms with Crippen LogP contribution in [0.5, 0.6) is 5.88 Å². The highest BCUT2D eigenvalue weighted by Crippen LogP contribution is 2.09. The summed E-state index contributed by atoms with van der Waals surface area (Å²) in [6.45, 7) is 0.211. The van der Waals surface area contributed by atoms with Crippen LogP contribution in [0.4, 0.5) is 5.82 Å². The van der Waals surface area contributed by atoms with Crippen molar-refractivity contribution in [2.75, 3.05) is 18.6 Å². The predicted octanol–water partition coefficient (Wildman–Crippen LogP) is -0.262. The van der Waals surface area contributed by atoms with Crippen molar-refractivity contribution < 1.29 is 9.84 Å². The molecule has 0 atom stereocenters. The maximum absolute atomic E-state index is 8.46. The summed E-state index contributed by atoms with van der Waals surface area (Å²) in [5.41, 5.74) is 2.39. The summed E-state index contributed by atoms with van der Waals surface area (Å²) >= 11 is 0. The number of pyridine rings is 1. The number of rotatable bonds is 4. The Morgan fingerprint density at radius 2 is 2.42 bits per heavy atom. The molecule has 0 bridgehead atoms. The number of nitrogens with two attached hydrogens (primary N) is 1. The molecule has 5 heteroatoms. The molecule has 0 amide bonds. The molecule has 12 heavy (non-hydrogen) atoms. The van der Waals surface area contributed by atoms with E-state index in [0.717, 1.165) is 0 Å². The van der Waals surface area contributed by atoms with Gasteiger partial charge in [0, 0.05) is 6.07 Å². The van der Waals surface area contributed by atoms with Crippen LogP contribution >= 0.6 is 0 Å². The number of ether oxygens (including phenoxy) is 1. The predicted molar refractivity (Wildman–Crippen MR) is 44.6 cm³/mol. The Bertz CT molecular complexity index is 242. The van der Waals surface area contributed by atoms with Gasteiger partial charge >= 0.3 is 0 Å². The maximum Gasteiger partial charge on any atom is 0.215 e. The molecule has 0 unspecified atom stereocenters. The van der Waals surface area contributed by atoms with Gasteiger partial charge in [-0.2, -0.15) is 4.98 Å². The summed E-state index contributed by atoms with van der Waals surface area (Å²) in [5, 5.41) is 8.46. The Morgan fingerprint density at radius 1 is 1.58 bits per heavy atom. The summed E-state index contributed by atoms with van der Waals surface area (Å²) in [6, 6.07) is 5.16. The first-order valence-electron chi connectivity index (χ1n) is 3.54. The summed E-state index contributed by atoms with van der Waals surface area (Å²) in [5.74, 6) is 6.11. The van der Waals surface area contributed by atoms with Crippen LogP contribution in [0.25, 0.3) is 0 Å². The molecule has 5 nitrogen and oxygen atoms in total. The Morgan fingerprint density at radius 3 is 3.08 bits per heavy atom. The molecule has 0 aliphatic heterocycles. The molecular formula is C7H11N3O2. The van der Waals surface area contributed by atoms with Crippen LogP contribution < -0.4 is 16.0 Å². The smallest absolute Gasteiger partial charge is 0.215 e. The van der Waals surface area contributed by atoms with Crippen molar-refractivity contribution in [3.8, 4) is 5.88 Å². The van der Waals surface area contributed by atoms with Gasteiger partial charge in [-0.15, -0.1) is 0 Å². The number of aromatic nitrogens is 1. The van der Waals surface area contributed by atoms with Crippen LogP contribution in [0.1, 0.15) is 0 Å². The number of nitrogens with zero attached hydrogens (tertiary/aromatic N) is 1. The second-order valence-corrected chi connectivity index (χ2v) is 2.08. The molecule has 0 fully saturated rings. The van der Waals surface area contributed by atoms with Gasteiger partial charge in [0.2, 0.25) is 5.88 Å². The largest absolute Gasteiger partial charge is 0.475 e. The van der Waals surface area contributed by atoms with Crippen molar-refractivity contribution in [1.82, 2.24) is 4.98 Å². The average Bonchev–Trinajstić information content (AvgIpc) is 2.15. The number of nitrogens with one attached hydrogen (secondary N) is 1. The van der Waals surface area contributed by atoms with Crippen molar-refractivity contribution in [1.29, 1.82) is 0 Å². The van der Waals surface area contributed by atoms with Crippen LogP contribution in [-0.4, -0.2) is 23.3 Å². The summed E-state index contributed by atoms with van der Waals surface area (Å²) in [4.78, 5) is 3.96. The molecule has 0 aromatic carbocycles. The number of hydrogen-bond acceptors (Lipinski definition) is 5. The lowest BCUT2D eigenvalue weighted by Crippen LogP contribution is -2.09. The topological polar surface area (TPSA) is 80.4 Å². The Hall–Kier alpha value is -1.33. The highest BCUT2D eigenvalue weighted by Gasteiger charge is 1.95. The summed E-state index contributed by atoms with van der Waals surface area (Å²) < 4.78 is 5.04. The zero-order valence-electron chi connectivity index (χ0n) is 6.53. The van der Waals surface area contributed by atoms with Crippen LogP contribution in [-0.2, 0) is 0 Å². The standard InChI is InChI=1S/C7H11N3O2/c8-10-6-2-1-3-7(9-6)12-5-4-11/h1-3,11H,4-5,8H2,(H,9,10). The van der Waals surface area contributed by atoms with E-state index in [1.165, 1.54) is 0 Å². The number of hydrogen-bond donors (Lipinski definition) is 3. The molecule has 4 N–H and O–H groups in total. The zero-order valence-corrected chi connectivity index (χ0v) is 6.53. The van der Waals surface area contributed by atoms with Crippen molar-refractivity contribution in [2.45, 2.75) is 0 Å². The van der Waals surface area contributed by atoms with E-state index >= 15 is 0 Å². The number of nitrogen functional groups attached to an aromatic ring is 1. The van der Waals surface area contributed by atoms with E-state index in [2.05, 4.69) is 10.4 Å². The second-order valence-electron chi connectivity index (χ2n) is 2.08. The van der Waals surface area contributed by atoms with Gasteiger partial charge in [0.1, 0.15) is 12.4 Å². The van der Waals surface area contributed by atoms with Crippen LogP contribution in [0.3, 0.4) is 0 Å². The molecule has 0 saturated heterocycles. The molecule has 1 rings (SSSR count). The van der Waals surface area contributed by atoms with Gasteiger partial charge in [0.15, 0.2) is 0 Å². The number of aliphatic hydroxyl groups is 1. The fourth-order valence-corrected chi connectivity index (χ4v) is 0.726. The first kappa shape index (κ1) is 8.76. The van der Waals surface area contributed by atoms with Crippen molar-refractivity contribution in [3.63, 3.8) is 0 Å². The number of hydrazine groups is 1. The van der Waals surface area contributed by atoms with Gasteiger partial charge < -0.3 is 15.3 Å². The van der Waals surface area contributed by atoms with Crippen LogP contribution in [0, 0.1) is 0 Å². The van der Waals surface area contributed by atoms with E-state index in [1.54, 1.807) is 18.2 Å². The molecule has 1 aromatic heterocycles. The summed E-state index contributed by atoms with van der Waals surface area (Å²) in [6.07, 6.45) is 0. The molecule has 0 spiro atoms. The quantitative estimate of drug-likeness (QED) is 0.427. The van der Waals surface area contributed by atoms with Crippen molar-refractivity contribution >= 4 is 5.82 Å². The van der Waals surface area contributed by atoms with E-state index in [1.807, 2.05) is 0 Å². The minimum Gasteiger partial charge on any atom is -0.475 e. The van der Waals surface area contributed by atoms with E-state index in [-0.39, 0.29) is 13.2 Å².